The molecule has 2 heterocycles. The monoisotopic (exact) mass is 380 g/mol. The van der Waals surface area contributed by atoms with Crippen molar-refractivity contribution >= 4 is 17.8 Å². The van der Waals surface area contributed by atoms with Crippen molar-refractivity contribution in [3.63, 3.8) is 0 Å². The predicted molar refractivity (Wildman–Crippen MR) is 99.2 cm³/mol. The maximum atomic E-state index is 12.7. The van der Waals surface area contributed by atoms with E-state index in [2.05, 4.69) is 0 Å². The van der Waals surface area contributed by atoms with Crippen molar-refractivity contribution in [2.75, 3.05) is 32.8 Å². The number of carbonyl (C=O) groups excluding carboxylic acids is 3. The smallest absolute Gasteiger partial charge is 0.410 e. The van der Waals surface area contributed by atoms with Gasteiger partial charge in [0.05, 0.1) is 13.2 Å². The molecule has 0 spiro atoms. The Balaban J connectivity index is 1.42. The summed E-state index contributed by atoms with van der Waals surface area (Å²) in [7, 11) is 0. The number of ketones is 1. The normalized spacial score (nSPS) is 24.6. The van der Waals surface area contributed by atoms with Crippen molar-refractivity contribution in [2.45, 2.75) is 64.6 Å². The van der Waals surface area contributed by atoms with Gasteiger partial charge < -0.3 is 19.3 Å². The van der Waals surface area contributed by atoms with E-state index in [4.69, 9.17) is 9.47 Å². The maximum Gasteiger partial charge on any atom is 0.410 e. The molecule has 0 aromatic heterocycles. The van der Waals surface area contributed by atoms with Gasteiger partial charge in [-0.05, 0) is 52.4 Å². The molecule has 7 nitrogen and oxygen atoms in total. The molecule has 2 aliphatic heterocycles. The SMILES string of the molecule is CC(C)(C)OC(=O)N1CCC(CC(=O)N2CCOC(C(=O)C3CC3)C2)CC1. The zero-order valence-corrected chi connectivity index (χ0v) is 16.7. The second kappa shape index (κ2) is 8.17. The number of nitrogens with zero attached hydrogens (tertiary/aromatic N) is 2. The fourth-order valence-corrected chi connectivity index (χ4v) is 3.70. The van der Waals surface area contributed by atoms with E-state index in [9.17, 15) is 14.4 Å². The van der Waals surface area contributed by atoms with Gasteiger partial charge in [0.2, 0.25) is 5.91 Å². The molecule has 1 aliphatic carbocycles. The van der Waals surface area contributed by atoms with Gasteiger partial charge >= 0.3 is 6.09 Å². The Kier molecular flexibility index (Phi) is 6.08. The second-order valence-corrected chi connectivity index (χ2v) is 8.99. The Morgan fingerprint density at radius 2 is 1.67 bits per heavy atom. The molecule has 27 heavy (non-hydrogen) atoms. The highest BCUT2D eigenvalue weighted by atomic mass is 16.6. The van der Waals surface area contributed by atoms with E-state index >= 15 is 0 Å². The number of ether oxygens (including phenoxy) is 2. The van der Waals surface area contributed by atoms with E-state index in [1.54, 1.807) is 9.80 Å². The Morgan fingerprint density at radius 3 is 2.26 bits per heavy atom. The van der Waals surface area contributed by atoms with Gasteiger partial charge in [0, 0.05) is 32.0 Å². The number of amides is 2. The molecule has 1 atom stereocenters. The summed E-state index contributed by atoms with van der Waals surface area (Å²) in [5.41, 5.74) is -0.491. The molecular formula is C20H32N2O5. The number of piperidine rings is 1. The van der Waals surface area contributed by atoms with Crippen LogP contribution in [0, 0.1) is 11.8 Å². The summed E-state index contributed by atoms with van der Waals surface area (Å²) in [6, 6.07) is 0. The Morgan fingerprint density at radius 1 is 1.00 bits per heavy atom. The summed E-state index contributed by atoms with van der Waals surface area (Å²) in [4.78, 5) is 40.5. The van der Waals surface area contributed by atoms with Gasteiger partial charge in [0.25, 0.3) is 0 Å². The van der Waals surface area contributed by atoms with Crippen LogP contribution in [0.15, 0.2) is 0 Å². The van der Waals surface area contributed by atoms with Crippen LogP contribution in [0.3, 0.4) is 0 Å². The molecule has 2 amide bonds. The van der Waals surface area contributed by atoms with Gasteiger partial charge in [-0.15, -0.1) is 0 Å². The molecule has 3 fully saturated rings. The Hall–Kier alpha value is -1.63. The molecule has 3 aliphatic rings. The summed E-state index contributed by atoms with van der Waals surface area (Å²) in [6.45, 7) is 8.22. The first kappa shape index (κ1) is 20.1. The molecule has 0 aromatic carbocycles. The van der Waals surface area contributed by atoms with Crippen LogP contribution in [-0.4, -0.2) is 72.1 Å². The van der Waals surface area contributed by atoms with Crippen LogP contribution in [-0.2, 0) is 19.1 Å². The largest absolute Gasteiger partial charge is 0.444 e. The third kappa shape index (κ3) is 5.67. The molecule has 3 rings (SSSR count). The van der Waals surface area contributed by atoms with Gasteiger partial charge in [-0.1, -0.05) is 0 Å². The lowest BCUT2D eigenvalue weighted by Crippen LogP contribution is -2.49. The summed E-state index contributed by atoms with van der Waals surface area (Å²) < 4.78 is 11.0. The summed E-state index contributed by atoms with van der Waals surface area (Å²) >= 11 is 0. The van der Waals surface area contributed by atoms with Gasteiger partial charge in [0.1, 0.15) is 11.7 Å². The number of morpholine rings is 1. The quantitative estimate of drug-likeness (QED) is 0.748. The highest BCUT2D eigenvalue weighted by molar-refractivity contribution is 5.88. The number of hydrogen-bond donors (Lipinski definition) is 0. The highest BCUT2D eigenvalue weighted by Gasteiger charge is 2.38. The van der Waals surface area contributed by atoms with Gasteiger partial charge in [-0.25, -0.2) is 4.79 Å². The first-order valence-corrected chi connectivity index (χ1v) is 10.1. The van der Waals surface area contributed by atoms with E-state index < -0.39 is 11.7 Å². The number of Topliss-reactive ketones (excluding diaryl/α,β-unsaturated/α-hetero) is 1. The van der Waals surface area contributed by atoms with Crippen LogP contribution in [0.25, 0.3) is 0 Å². The fourth-order valence-electron chi connectivity index (χ4n) is 3.70. The third-order valence-electron chi connectivity index (χ3n) is 5.45. The standard InChI is InChI=1S/C20H32N2O5/c1-20(2,3)27-19(25)21-8-6-14(7-9-21)12-17(23)22-10-11-26-16(13-22)18(24)15-4-5-15/h14-16H,4-13H2,1-3H3. The lowest BCUT2D eigenvalue weighted by molar-refractivity contribution is -0.147. The van der Waals surface area contributed by atoms with Crippen LogP contribution in [0.1, 0.15) is 52.9 Å². The molecule has 152 valence electrons. The third-order valence-corrected chi connectivity index (χ3v) is 5.45. The van der Waals surface area contributed by atoms with E-state index in [-0.39, 0.29) is 29.6 Å². The number of rotatable bonds is 4. The van der Waals surface area contributed by atoms with Crippen LogP contribution in [0.4, 0.5) is 4.79 Å². The van der Waals surface area contributed by atoms with Crippen molar-refractivity contribution in [2.24, 2.45) is 11.8 Å². The van der Waals surface area contributed by atoms with Gasteiger partial charge in [-0.2, -0.15) is 0 Å². The van der Waals surface area contributed by atoms with Crippen LogP contribution >= 0.6 is 0 Å². The van der Waals surface area contributed by atoms with Crippen molar-refractivity contribution in [1.82, 2.24) is 9.80 Å². The Bertz CT molecular complexity index is 573. The van der Waals surface area contributed by atoms with Gasteiger partial charge in [-0.3, -0.25) is 9.59 Å². The lowest BCUT2D eigenvalue weighted by atomic mass is 9.93. The summed E-state index contributed by atoms with van der Waals surface area (Å²) in [5.74, 6) is 0.694. The molecule has 0 aromatic rings. The number of likely N-dealkylation sites (tertiary alicyclic amines) is 1. The average molecular weight is 380 g/mol. The number of carbonyl (C=O) groups is 3. The van der Waals surface area contributed by atoms with E-state index in [0.29, 0.717) is 39.2 Å². The summed E-state index contributed by atoms with van der Waals surface area (Å²) in [6.07, 6.45) is 3.30. The maximum absolute atomic E-state index is 12.7. The minimum atomic E-state index is -0.491. The molecule has 0 bridgehead atoms. The minimum Gasteiger partial charge on any atom is -0.444 e. The van der Waals surface area contributed by atoms with Crippen molar-refractivity contribution in [1.29, 1.82) is 0 Å². The van der Waals surface area contributed by atoms with Crippen molar-refractivity contribution in [3.8, 4) is 0 Å². The lowest BCUT2D eigenvalue weighted by Gasteiger charge is -2.35. The van der Waals surface area contributed by atoms with E-state index in [0.717, 1.165) is 25.7 Å². The second-order valence-electron chi connectivity index (χ2n) is 8.99. The van der Waals surface area contributed by atoms with Crippen molar-refractivity contribution in [3.05, 3.63) is 0 Å². The minimum absolute atomic E-state index is 0.0996. The predicted octanol–water partition coefficient (Wildman–Crippen LogP) is 2.23. The molecular weight excluding hydrogens is 348 g/mol. The molecule has 0 N–H and O–H groups in total. The van der Waals surface area contributed by atoms with Crippen molar-refractivity contribution < 1.29 is 23.9 Å². The van der Waals surface area contributed by atoms with E-state index in [1.165, 1.54) is 0 Å². The molecule has 1 unspecified atom stereocenters. The molecule has 1 saturated carbocycles. The highest BCUT2D eigenvalue weighted by Crippen LogP contribution is 2.32. The fraction of sp³-hybridized carbons (Fsp3) is 0.850. The van der Waals surface area contributed by atoms with Crippen LogP contribution < -0.4 is 0 Å². The topological polar surface area (TPSA) is 76.2 Å². The first-order valence-electron chi connectivity index (χ1n) is 10.1. The van der Waals surface area contributed by atoms with Crippen LogP contribution in [0.5, 0.6) is 0 Å². The first-order chi connectivity index (χ1) is 12.7. The molecule has 7 heteroatoms. The average Bonchev–Trinajstić information content (AvgIpc) is 3.45. The van der Waals surface area contributed by atoms with E-state index in [1.807, 2.05) is 20.8 Å². The zero-order valence-electron chi connectivity index (χ0n) is 16.7. The number of hydrogen-bond acceptors (Lipinski definition) is 5. The Labute approximate surface area is 161 Å². The summed E-state index contributed by atoms with van der Waals surface area (Å²) in [5, 5.41) is 0. The molecule has 0 radical (unpaired) electrons. The molecule has 2 saturated heterocycles. The van der Waals surface area contributed by atoms with Crippen LogP contribution in [0.2, 0.25) is 0 Å². The zero-order chi connectivity index (χ0) is 19.6. The van der Waals surface area contributed by atoms with Gasteiger partial charge in [0.15, 0.2) is 5.78 Å².